The smallest absolute Gasteiger partial charge is 0.200 e. The van der Waals surface area contributed by atoms with E-state index in [9.17, 15) is 32.2 Å². The highest BCUT2D eigenvalue weighted by atomic mass is 19.2. The van der Waals surface area contributed by atoms with Crippen molar-refractivity contribution >= 4 is 0 Å². The maximum absolute atomic E-state index is 13.2. The fraction of sp³-hybridized carbons (Fsp3) is 0.400. The summed E-state index contributed by atoms with van der Waals surface area (Å²) in [7, 11) is 0. The van der Waals surface area contributed by atoms with E-state index in [1.54, 1.807) is 0 Å². The predicted molar refractivity (Wildman–Crippen MR) is 48.9 cm³/mol. The van der Waals surface area contributed by atoms with Crippen molar-refractivity contribution < 1.29 is 37.3 Å². The second kappa shape index (κ2) is 5.59. The zero-order valence-corrected chi connectivity index (χ0v) is 8.80. The van der Waals surface area contributed by atoms with Gasteiger partial charge in [-0.15, -0.1) is 0 Å². The molecule has 0 bridgehead atoms. The van der Waals surface area contributed by atoms with Gasteiger partial charge in [0.2, 0.25) is 5.82 Å². The second-order valence-electron chi connectivity index (χ2n) is 3.51. The minimum absolute atomic E-state index is 0.485. The molecule has 0 saturated carbocycles. The predicted octanol–water partition coefficient (Wildman–Crippen LogP) is 1.16. The maximum Gasteiger partial charge on any atom is 0.200 e. The molecule has 0 spiro atoms. The molecule has 2 atom stereocenters. The number of rotatable bonds is 4. The first-order valence-electron chi connectivity index (χ1n) is 4.81. The van der Waals surface area contributed by atoms with Crippen LogP contribution in [0.4, 0.5) is 22.0 Å². The van der Waals surface area contributed by atoms with Gasteiger partial charge in [0.1, 0.15) is 6.10 Å². The lowest BCUT2D eigenvalue weighted by molar-refractivity contribution is -0.000575. The molecule has 0 radical (unpaired) electrons. The maximum atomic E-state index is 13.2. The van der Waals surface area contributed by atoms with E-state index in [4.69, 9.17) is 5.11 Å². The lowest BCUT2D eigenvalue weighted by Gasteiger charge is -2.19. The van der Waals surface area contributed by atoms with E-state index in [1.165, 1.54) is 0 Å². The molecule has 0 heterocycles. The van der Waals surface area contributed by atoms with Crippen LogP contribution >= 0.6 is 0 Å². The molecule has 0 aromatic heterocycles. The van der Waals surface area contributed by atoms with Gasteiger partial charge < -0.3 is 15.3 Å². The summed E-state index contributed by atoms with van der Waals surface area (Å²) < 4.78 is 64.7. The zero-order valence-electron chi connectivity index (χ0n) is 8.80. The van der Waals surface area contributed by atoms with Gasteiger partial charge in [-0.2, -0.15) is 0 Å². The molecule has 18 heavy (non-hydrogen) atoms. The van der Waals surface area contributed by atoms with Gasteiger partial charge in [0.05, 0.1) is 11.7 Å². The van der Waals surface area contributed by atoms with E-state index >= 15 is 0 Å². The van der Waals surface area contributed by atoms with Crippen LogP contribution in [0.3, 0.4) is 0 Å². The Labute approximate surface area is 98.1 Å². The molecule has 1 aromatic rings. The number of halogens is 5. The number of hydrogen-bond donors (Lipinski definition) is 3. The molecule has 1 aromatic carbocycles. The van der Waals surface area contributed by atoms with Gasteiger partial charge in [0.25, 0.3) is 0 Å². The zero-order chi connectivity index (χ0) is 14.0. The summed E-state index contributed by atoms with van der Waals surface area (Å²) in [6, 6.07) is 0. The standard InChI is InChI=1S/C10H9F5O3/c11-5-4(10(18)3(17)1-2-16)6(12)8(14)9(15)7(5)13/h3,10,16-18H,1-2H2. The van der Waals surface area contributed by atoms with Crippen LogP contribution in [-0.2, 0) is 0 Å². The van der Waals surface area contributed by atoms with Gasteiger partial charge in [-0.1, -0.05) is 0 Å². The molecule has 3 nitrogen and oxygen atoms in total. The van der Waals surface area contributed by atoms with Gasteiger partial charge in [-0.3, -0.25) is 0 Å². The topological polar surface area (TPSA) is 60.7 Å². The lowest BCUT2D eigenvalue weighted by Crippen LogP contribution is -2.23. The molecule has 8 heteroatoms. The molecule has 2 unspecified atom stereocenters. The molecule has 0 aliphatic rings. The normalized spacial score (nSPS) is 14.7. The Hall–Kier alpha value is -1.25. The SMILES string of the molecule is OCCC(O)C(O)c1c(F)c(F)c(F)c(F)c1F. The Balaban J connectivity index is 3.32. The van der Waals surface area contributed by atoms with Crippen molar-refractivity contribution in [2.24, 2.45) is 0 Å². The quantitative estimate of drug-likeness (QED) is 0.438. The summed E-state index contributed by atoms with van der Waals surface area (Å²) in [5, 5.41) is 27.0. The van der Waals surface area contributed by atoms with E-state index in [1.807, 2.05) is 0 Å². The molecule has 1 rings (SSSR count). The van der Waals surface area contributed by atoms with Crippen LogP contribution in [0.1, 0.15) is 18.1 Å². The van der Waals surface area contributed by atoms with Crippen molar-refractivity contribution in [2.45, 2.75) is 18.6 Å². The summed E-state index contributed by atoms with van der Waals surface area (Å²) >= 11 is 0. The highest BCUT2D eigenvalue weighted by Crippen LogP contribution is 2.29. The largest absolute Gasteiger partial charge is 0.396 e. The fourth-order valence-corrected chi connectivity index (χ4v) is 1.36. The van der Waals surface area contributed by atoms with E-state index in [-0.39, 0.29) is 0 Å². The molecule has 3 N–H and O–H groups in total. The van der Waals surface area contributed by atoms with Crippen molar-refractivity contribution in [3.05, 3.63) is 34.6 Å². The summed E-state index contributed by atoms with van der Waals surface area (Å²) in [5.74, 6) is -11.2. The average Bonchev–Trinajstić information content (AvgIpc) is 2.34. The number of hydrogen-bond acceptors (Lipinski definition) is 3. The third-order valence-electron chi connectivity index (χ3n) is 2.33. The average molecular weight is 272 g/mol. The third kappa shape index (κ3) is 2.45. The van der Waals surface area contributed by atoms with Gasteiger partial charge >= 0.3 is 0 Å². The van der Waals surface area contributed by atoms with Crippen molar-refractivity contribution in [3.8, 4) is 0 Å². The fourth-order valence-electron chi connectivity index (χ4n) is 1.36. The van der Waals surface area contributed by atoms with Crippen molar-refractivity contribution in [1.82, 2.24) is 0 Å². The number of aliphatic hydroxyl groups excluding tert-OH is 3. The summed E-state index contributed by atoms with van der Waals surface area (Å²) in [6.45, 7) is -0.631. The molecule has 102 valence electrons. The third-order valence-corrected chi connectivity index (χ3v) is 2.33. The molecule has 0 aliphatic carbocycles. The Bertz CT molecular complexity index is 423. The summed E-state index contributed by atoms with van der Waals surface area (Å²) in [6.07, 6.45) is -4.68. The summed E-state index contributed by atoms with van der Waals surface area (Å²) in [4.78, 5) is 0. The van der Waals surface area contributed by atoms with Crippen molar-refractivity contribution in [1.29, 1.82) is 0 Å². The molecule has 0 fully saturated rings. The Morgan fingerprint density at radius 1 is 0.778 bits per heavy atom. The first-order valence-corrected chi connectivity index (χ1v) is 4.81. The Morgan fingerprint density at radius 3 is 1.56 bits per heavy atom. The van der Waals surface area contributed by atoms with Gasteiger partial charge in [0.15, 0.2) is 23.3 Å². The van der Waals surface area contributed by atoms with Crippen LogP contribution < -0.4 is 0 Å². The highest BCUT2D eigenvalue weighted by molar-refractivity contribution is 5.26. The molecule has 0 saturated heterocycles. The highest BCUT2D eigenvalue weighted by Gasteiger charge is 2.32. The second-order valence-corrected chi connectivity index (χ2v) is 3.51. The van der Waals surface area contributed by atoms with Crippen LogP contribution in [0.15, 0.2) is 0 Å². The van der Waals surface area contributed by atoms with Crippen LogP contribution in [0.5, 0.6) is 0 Å². The number of aliphatic hydroxyl groups is 3. The lowest BCUT2D eigenvalue weighted by atomic mass is 10.0. The first kappa shape index (κ1) is 14.8. The van der Waals surface area contributed by atoms with E-state index in [0.717, 1.165) is 0 Å². The summed E-state index contributed by atoms with van der Waals surface area (Å²) in [5.41, 5.74) is -1.52. The van der Waals surface area contributed by atoms with E-state index in [0.29, 0.717) is 0 Å². The first-order chi connectivity index (χ1) is 8.32. The number of benzene rings is 1. The molecule has 0 amide bonds. The van der Waals surface area contributed by atoms with Crippen LogP contribution in [0, 0.1) is 29.1 Å². The van der Waals surface area contributed by atoms with Crippen molar-refractivity contribution in [2.75, 3.05) is 6.61 Å². The van der Waals surface area contributed by atoms with Gasteiger partial charge in [-0.25, -0.2) is 22.0 Å². The van der Waals surface area contributed by atoms with Crippen LogP contribution in [0.2, 0.25) is 0 Å². The molecule has 0 aliphatic heterocycles. The van der Waals surface area contributed by atoms with Crippen LogP contribution in [0.25, 0.3) is 0 Å². The Kier molecular flexibility index (Phi) is 4.60. The minimum atomic E-state index is -2.35. The van der Waals surface area contributed by atoms with Crippen LogP contribution in [-0.4, -0.2) is 28.0 Å². The van der Waals surface area contributed by atoms with E-state index < -0.39 is 59.9 Å². The van der Waals surface area contributed by atoms with Crippen molar-refractivity contribution in [3.63, 3.8) is 0 Å². The van der Waals surface area contributed by atoms with Gasteiger partial charge in [0, 0.05) is 6.61 Å². The molecular formula is C10H9F5O3. The molecular weight excluding hydrogens is 263 g/mol. The Morgan fingerprint density at radius 2 is 1.17 bits per heavy atom. The minimum Gasteiger partial charge on any atom is -0.396 e. The van der Waals surface area contributed by atoms with Gasteiger partial charge in [-0.05, 0) is 6.42 Å². The van der Waals surface area contributed by atoms with E-state index in [2.05, 4.69) is 0 Å². The monoisotopic (exact) mass is 272 g/mol.